The maximum atomic E-state index is 13.6. The number of rotatable bonds is 35. The van der Waals surface area contributed by atoms with Crippen molar-refractivity contribution in [3.8, 4) is 33.9 Å². The number of nitrogens with one attached hydrogen (secondary N) is 3. The number of primary amides is 1. The fraction of sp³-hybridized carbons (Fsp3) is 0.426. The molecule has 1 aliphatic carbocycles. The number of amides is 3. The topological polar surface area (TPSA) is 351 Å². The monoisotopic (exact) mass is 1050 g/mol. The summed E-state index contributed by atoms with van der Waals surface area (Å²) in [6.45, 7) is 2.76. The van der Waals surface area contributed by atoms with Crippen molar-refractivity contribution in [3.63, 3.8) is 0 Å². The van der Waals surface area contributed by atoms with E-state index in [1.807, 2.05) is 0 Å². The summed E-state index contributed by atoms with van der Waals surface area (Å²) in [5.41, 5.74) is 7.60. The summed E-state index contributed by atoms with van der Waals surface area (Å²) in [6.07, 6.45) is 2.07. The first kappa shape index (κ1) is 58.9. The third kappa shape index (κ3) is 17.9. The number of nitrogens with zero attached hydrogens (tertiary/aromatic N) is 1. The van der Waals surface area contributed by atoms with Gasteiger partial charge in [-0.05, 0) is 75.6 Å². The van der Waals surface area contributed by atoms with Crippen molar-refractivity contribution in [2.24, 2.45) is 23.5 Å². The lowest BCUT2D eigenvalue weighted by molar-refractivity contribution is -0.138. The molecule has 5 atom stereocenters. The minimum Gasteiger partial charge on any atom is -0.508 e. The SMILES string of the molecule is CC(=O)C[C@H](CCCCCC(=O)c1ccc(OC=O)c(-c2c3ccc(=O)cc-3oc3cc(O)ccc23)c1)C(=O)NCCOCCOCC(=O)C[C@@H](C(=O)N[C@H](Cc1cnc[nH]1)C(=O)C[C@H](CCC(=O)O)C(N)=O)[C@H](C)O. The average Bonchev–Trinajstić information content (AvgIpc) is 3.89. The number of aromatic nitrogens is 2. The molecule has 2 aliphatic rings. The molecule has 3 aromatic rings. The fourth-order valence-corrected chi connectivity index (χ4v) is 8.62. The molecule has 0 radical (unpaired) electrons. The summed E-state index contributed by atoms with van der Waals surface area (Å²) in [6, 6.07) is 12.2. The van der Waals surface area contributed by atoms with E-state index in [0.29, 0.717) is 59.0 Å². The van der Waals surface area contributed by atoms with Gasteiger partial charge in [-0.1, -0.05) is 12.8 Å². The smallest absolute Gasteiger partial charge is 0.303 e. The Hall–Kier alpha value is -7.95. The highest BCUT2D eigenvalue weighted by Crippen LogP contribution is 2.44. The molecule has 406 valence electrons. The molecule has 22 nitrogen and oxygen atoms in total. The van der Waals surface area contributed by atoms with Crippen LogP contribution in [0.4, 0.5) is 0 Å². The number of phenols is 1. The number of aliphatic hydroxyl groups excluding tert-OH is 1. The summed E-state index contributed by atoms with van der Waals surface area (Å²) in [5.74, 6) is -7.40. The lowest BCUT2D eigenvalue weighted by atomic mass is 9.91. The molecule has 22 heteroatoms. The zero-order valence-corrected chi connectivity index (χ0v) is 42.2. The van der Waals surface area contributed by atoms with Crippen molar-refractivity contribution in [1.82, 2.24) is 20.6 Å². The number of unbranched alkanes of at least 4 members (excludes halogenated alkanes) is 2. The number of benzene rings is 3. The number of imidazole rings is 1. The van der Waals surface area contributed by atoms with Gasteiger partial charge in [-0.15, -0.1) is 0 Å². The summed E-state index contributed by atoms with van der Waals surface area (Å²) >= 11 is 0. The van der Waals surface area contributed by atoms with E-state index in [9.17, 15) is 58.2 Å². The van der Waals surface area contributed by atoms with E-state index >= 15 is 0 Å². The number of ketones is 4. The number of nitrogens with two attached hydrogens (primary N) is 1. The van der Waals surface area contributed by atoms with Gasteiger partial charge >= 0.3 is 5.97 Å². The van der Waals surface area contributed by atoms with Crippen LogP contribution in [0.5, 0.6) is 11.5 Å². The molecule has 3 amide bonds. The number of carbonyl (C=O) groups is 9. The van der Waals surface area contributed by atoms with Crippen LogP contribution in [0.2, 0.25) is 0 Å². The normalized spacial score (nSPS) is 13.2. The number of phenolic OH excluding ortho intramolecular Hbond substituents is 1. The highest BCUT2D eigenvalue weighted by Gasteiger charge is 2.33. The van der Waals surface area contributed by atoms with Crippen molar-refractivity contribution >= 4 is 64.3 Å². The number of hydrogen-bond donors (Lipinski definition) is 7. The van der Waals surface area contributed by atoms with Gasteiger partial charge in [0, 0.05) is 109 Å². The highest BCUT2D eigenvalue weighted by molar-refractivity contribution is 6.06. The molecule has 2 aromatic carbocycles. The number of aromatic amines is 1. The van der Waals surface area contributed by atoms with Crippen LogP contribution in [-0.2, 0) is 54.3 Å². The number of aliphatic carboxylic acids is 1. The van der Waals surface area contributed by atoms with Gasteiger partial charge in [-0.3, -0.25) is 43.2 Å². The number of Topliss-reactive ketones (excluding diaryl/α,β-unsaturated/α-hetero) is 4. The quantitative estimate of drug-likeness (QED) is 0.0130. The minimum absolute atomic E-state index is 0.0202. The number of H-pyrrole nitrogens is 1. The van der Waals surface area contributed by atoms with Crippen LogP contribution in [0, 0.1) is 17.8 Å². The van der Waals surface area contributed by atoms with E-state index < -0.39 is 85.1 Å². The van der Waals surface area contributed by atoms with Crippen molar-refractivity contribution < 1.29 is 77.1 Å². The molecule has 1 aliphatic heterocycles. The first-order valence-electron chi connectivity index (χ1n) is 24.8. The van der Waals surface area contributed by atoms with Gasteiger partial charge < -0.3 is 60.1 Å². The van der Waals surface area contributed by atoms with Crippen molar-refractivity contribution in [2.75, 3.05) is 33.0 Å². The Balaban J connectivity index is 1.03. The molecular weight excluding hydrogens is 991 g/mol. The summed E-state index contributed by atoms with van der Waals surface area (Å²) in [7, 11) is 0. The van der Waals surface area contributed by atoms with Crippen molar-refractivity contribution in [2.45, 2.75) is 96.6 Å². The second-order valence-electron chi connectivity index (χ2n) is 18.5. The van der Waals surface area contributed by atoms with Crippen molar-refractivity contribution in [3.05, 3.63) is 88.6 Å². The Morgan fingerprint density at radius 1 is 0.855 bits per heavy atom. The van der Waals surface area contributed by atoms with Gasteiger partial charge in [0.25, 0.3) is 6.47 Å². The lowest BCUT2D eigenvalue weighted by Gasteiger charge is -2.24. The number of aromatic hydroxyl groups is 1. The van der Waals surface area contributed by atoms with Gasteiger partial charge in [-0.2, -0.15) is 0 Å². The molecule has 0 spiro atoms. The van der Waals surface area contributed by atoms with Crippen LogP contribution in [0.1, 0.15) is 94.1 Å². The molecular formula is C54H63N5O17. The number of ether oxygens (including phenoxy) is 3. The first-order valence-corrected chi connectivity index (χ1v) is 24.8. The second-order valence-corrected chi connectivity index (χ2v) is 18.5. The van der Waals surface area contributed by atoms with E-state index in [1.54, 1.807) is 24.3 Å². The van der Waals surface area contributed by atoms with E-state index in [2.05, 4.69) is 20.6 Å². The van der Waals surface area contributed by atoms with Crippen LogP contribution in [-0.4, -0.2) is 124 Å². The van der Waals surface area contributed by atoms with E-state index in [4.69, 9.17) is 29.5 Å². The average molecular weight is 1050 g/mol. The molecule has 8 N–H and O–H groups in total. The molecule has 0 saturated heterocycles. The number of carboxylic acid groups (broad SMARTS) is 1. The predicted octanol–water partition coefficient (Wildman–Crippen LogP) is 4.02. The van der Waals surface area contributed by atoms with Gasteiger partial charge in [0.1, 0.15) is 35.2 Å². The Kier molecular flexibility index (Phi) is 22.7. The Morgan fingerprint density at radius 2 is 1.63 bits per heavy atom. The third-order valence-corrected chi connectivity index (χ3v) is 12.6. The summed E-state index contributed by atoms with van der Waals surface area (Å²) in [4.78, 5) is 132. The van der Waals surface area contributed by atoms with Crippen LogP contribution >= 0.6 is 0 Å². The van der Waals surface area contributed by atoms with E-state index in [1.165, 1.54) is 56.7 Å². The largest absolute Gasteiger partial charge is 0.508 e. The van der Waals surface area contributed by atoms with E-state index in [0.717, 1.165) is 0 Å². The third-order valence-electron chi connectivity index (χ3n) is 12.6. The van der Waals surface area contributed by atoms with Gasteiger partial charge in [0.05, 0.1) is 44.2 Å². The van der Waals surface area contributed by atoms with Crippen LogP contribution in [0.25, 0.3) is 33.4 Å². The number of hydrogen-bond acceptors (Lipinski definition) is 17. The number of carboxylic acids is 1. The molecule has 76 heavy (non-hydrogen) atoms. The highest BCUT2D eigenvalue weighted by atomic mass is 16.5. The number of carbonyl (C=O) groups excluding carboxylic acids is 8. The van der Waals surface area contributed by atoms with E-state index in [-0.39, 0.29) is 104 Å². The molecule has 5 rings (SSSR count). The molecule has 2 heterocycles. The molecule has 0 unspecified atom stereocenters. The lowest BCUT2D eigenvalue weighted by Crippen LogP contribution is -2.48. The first-order chi connectivity index (χ1) is 36.3. The summed E-state index contributed by atoms with van der Waals surface area (Å²) in [5, 5.41) is 35.5. The number of fused-ring (bicyclic) bond motifs is 2. The second kappa shape index (κ2) is 29.2. The van der Waals surface area contributed by atoms with Gasteiger partial charge in [-0.25, -0.2) is 4.98 Å². The fourth-order valence-electron chi connectivity index (χ4n) is 8.62. The molecule has 1 aromatic heterocycles. The van der Waals surface area contributed by atoms with Gasteiger partial charge in [0.2, 0.25) is 17.7 Å². The Labute approximate surface area is 436 Å². The van der Waals surface area contributed by atoms with Crippen molar-refractivity contribution in [1.29, 1.82) is 0 Å². The molecule has 0 bridgehead atoms. The summed E-state index contributed by atoms with van der Waals surface area (Å²) < 4.78 is 22.2. The van der Waals surface area contributed by atoms with Crippen LogP contribution in [0.3, 0.4) is 0 Å². The van der Waals surface area contributed by atoms with Crippen LogP contribution < -0.4 is 26.5 Å². The van der Waals surface area contributed by atoms with Crippen LogP contribution in [0.15, 0.2) is 76.3 Å². The maximum absolute atomic E-state index is 13.6. The molecule has 0 fully saturated rings. The zero-order valence-electron chi connectivity index (χ0n) is 42.2. The molecule has 0 saturated carbocycles. The zero-order chi connectivity index (χ0) is 55.3. The predicted molar refractivity (Wildman–Crippen MR) is 272 cm³/mol. The standard InChI is InChI=1S/C54H63N5O17/c1-31(61)20-35(6-4-3-5-7-45(66)33-8-14-47(75-30-60)43(21-33)51-40-12-10-37(63)25-48(40)76-49-26-38(64)11-13-41(49)51)53(71)57-16-17-73-18-19-74-28-39(65)24-42(32(2)62)54(72)59-44(23-36-27-56-29-58-36)46(67)22-34(52(55)70)9-15-50(68)69/h8,10-14,21,25-27,29-30,32,34-35,42,44,62-63H,3-7,9,15-20,22-24,28H2,1-2H3,(H2,55,70)(H,56,58)(H,57,71)(H,59,72)(H,68,69)/t32-,34-,35-,42+,44+/m0/s1. The maximum Gasteiger partial charge on any atom is 0.303 e. The van der Waals surface area contributed by atoms with Gasteiger partial charge in [0.15, 0.2) is 22.8 Å². The Bertz CT molecular complexity index is 2880. The Morgan fingerprint density at radius 3 is 2.33 bits per heavy atom. The minimum atomic E-state index is -1.32. The number of aliphatic hydroxyl groups is 1.